The minimum atomic E-state index is -2.81. The number of benzene rings is 2. The van der Waals surface area contributed by atoms with E-state index in [1.807, 2.05) is 19.1 Å². The highest BCUT2D eigenvalue weighted by molar-refractivity contribution is 5.39. The molecular weight excluding hydrogens is 404 g/mol. The first-order valence-corrected chi connectivity index (χ1v) is 11.0. The van der Waals surface area contributed by atoms with E-state index in [-0.39, 0.29) is 17.2 Å². The molecule has 0 aromatic heterocycles. The van der Waals surface area contributed by atoms with E-state index in [4.69, 9.17) is 0 Å². The summed E-state index contributed by atoms with van der Waals surface area (Å²) in [4.78, 5) is 0. The molecule has 0 spiro atoms. The summed E-state index contributed by atoms with van der Waals surface area (Å²) in [6, 6.07) is 9.56. The monoisotopic (exact) mass is 432 g/mol. The van der Waals surface area contributed by atoms with E-state index in [0.29, 0.717) is 17.9 Å². The van der Waals surface area contributed by atoms with Gasteiger partial charge in [0, 0.05) is 5.92 Å². The predicted octanol–water partition coefficient (Wildman–Crippen LogP) is 7.31. The molecule has 0 bridgehead atoms. The van der Waals surface area contributed by atoms with Gasteiger partial charge in [-0.3, -0.25) is 0 Å². The molecule has 0 atom stereocenters. The quantitative estimate of drug-likeness (QED) is 0.329. The highest BCUT2D eigenvalue weighted by Crippen LogP contribution is 2.31. The molecule has 0 saturated heterocycles. The van der Waals surface area contributed by atoms with E-state index in [2.05, 4.69) is 16.6 Å². The average molecular weight is 433 g/mol. The van der Waals surface area contributed by atoms with Gasteiger partial charge in [0.2, 0.25) is 0 Å². The molecular formula is C26H28F4O. The molecule has 0 radical (unpaired) electrons. The standard InChI is InChI=1S/C26H28F4O/c1-2-3-21-16-24(27)23(25(28)17-21)15-12-19-7-4-18(5-8-19)6-9-20-10-13-22(14-11-20)31-26(29)30/h10-11,13-14,16-19,26H,2-9H2,1H3/t18-,19-. The predicted molar refractivity (Wildman–Crippen MR) is 114 cm³/mol. The number of rotatable bonds is 7. The van der Waals surface area contributed by atoms with Gasteiger partial charge in [-0.25, -0.2) is 8.78 Å². The highest BCUT2D eigenvalue weighted by Gasteiger charge is 2.20. The third-order valence-corrected chi connectivity index (χ3v) is 5.88. The Labute approximate surface area is 181 Å². The largest absolute Gasteiger partial charge is 0.435 e. The van der Waals surface area contributed by atoms with Gasteiger partial charge in [0.05, 0.1) is 5.56 Å². The number of halogens is 4. The van der Waals surface area contributed by atoms with Gasteiger partial charge in [-0.15, -0.1) is 0 Å². The van der Waals surface area contributed by atoms with Crippen LogP contribution in [-0.2, 0) is 12.8 Å². The maximum atomic E-state index is 14.2. The van der Waals surface area contributed by atoms with Crippen LogP contribution < -0.4 is 4.74 Å². The zero-order valence-corrected chi connectivity index (χ0v) is 17.8. The van der Waals surface area contributed by atoms with Crippen LogP contribution in [0.2, 0.25) is 0 Å². The molecule has 0 N–H and O–H groups in total. The van der Waals surface area contributed by atoms with E-state index < -0.39 is 18.2 Å². The van der Waals surface area contributed by atoms with E-state index in [1.165, 1.54) is 12.1 Å². The minimum Gasteiger partial charge on any atom is -0.435 e. The number of ether oxygens (including phenoxy) is 1. The van der Waals surface area contributed by atoms with Gasteiger partial charge in [-0.05, 0) is 86.3 Å². The van der Waals surface area contributed by atoms with Crippen molar-refractivity contribution in [2.45, 2.75) is 64.9 Å². The van der Waals surface area contributed by atoms with E-state index >= 15 is 0 Å². The Kier molecular flexibility index (Phi) is 8.40. The van der Waals surface area contributed by atoms with Crippen molar-refractivity contribution in [3.8, 4) is 17.6 Å². The lowest BCUT2D eigenvalue weighted by Crippen LogP contribution is -2.14. The lowest BCUT2D eigenvalue weighted by molar-refractivity contribution is -0.0498. The first kappa shape index (κ1) is 23.2. The lowest BCUT2D eigenvalue weighted by Gasteiger charge is -2.25. The molecule has 1 saturated carbocycles. The number of hydrogen-bond acceptors (Lipinski definition) is 1. The molecule has 31 heavy (non-hydrogen) atoms. The van der Waals surface area contributed by atoms with Crippen LogP contribution in [0.1, 0.15) is 62.1 Å². The fourth-order valence-electron chi connectivity index (χ4n) is 4.16. The molecule has 1 aliphatic carbocycles. The molecule has 1 aliphatic rings. The molecule has 5 heteroatoms. The van der Waals surface area contributed by atoms with E-state index in [9.17, 15) is 17.6 Å². The summed E-state index contributed by atoms with van der Waals surface area (Å²) in [5.74, 6) is 5.59. The molecule has 1 fully saturated rings. The van der Waals surface area contributed by atoms with Crippen LogP contribution in [0.4, 0.5) is 17.6 Å². The third kappa shape index (κ3) is 7.02. The van der Waals surface area contributed by atoms with Crippen molar-refractivity contribution in [1.82, 2.24) is 0 Å². The summed E-state index contributed by atoms with van der Waals surface area (Å²) < 4.78 is 57.2. The van der Waals surface area contributed by atoms with Gasteiger partial charge >= 0.3 is 6.61 Å². The SMILES string of the molecule is CCCc1cc(F)c(C#C[C@H]2CC[C@H](CCc3ccc(OC(F)F)cc3)CC2)c(F)c1. The average Bonchev–Trinajstić information content (AvgIpc) is 2.73. The van der Waals surface area contributed by atoms with Crippen LogP contribution >= 0.6 is 0 Å². The van der Waals surface area contributed by atoms with Gasteiger partial charge < -0.3 is 4.74 Å². The fourth-order valence-corrected chi connectivity index (χ4v) is 4.16. The fraction of sp³-hybridized carbons (Fsp3) is 0.462. The zero-order chi connectivity index (χ0) is 22.2. The summed E-state index contributed by atoms with van der Waals surface area (Å²) in [6.45, 7) is -0.834. The Bertz CT molecular complexity index is 880. The summed E-state index contributed by atoms with van der Waals surface area (Å²) in [6.07, 6.45) is 7.32. The molecule has 0 heterocycles. The first-order chi connectivity index (χ1) is 14.9. The molecule has 3 rings (SSSR count). The summed E-state index contributed by atoms with van der Waals surface area (Å²) in [5, 5.41) is 0. The second-order valence-electron chi connectivity index (χ2n) is 8.23. The van der Waals surface area contributed by atoms with Crippen molar-refractivity contribution in [2.75, 3.05) is 0 Å². The zero-order valence-electron chi connectivity index (χ0n) is 17.8. The van der Waals surface area contributed by atoms with Crippen molar-refractivity contribution >= 4 is 0 Å². The second-order valence-corrected chi connectivity index (χ2v) is 8.23. The van der Waals surface area contributed by atoms with Gasteiger partial charge in [0.25, 0.3) is 0 Å². The first-order valence-electron chi connectivity index (χ1n) is 11.0. The molecule has 0 unspecified atom stereocenters. The number of aryl methyl sites for hydroxylation is 2. The topological polar surface area (TPSA) is 9.23 Å². The summed E-state index contributed by atoms with van der Waals surface area (Å²) in [5.41, 5.74) is 1.64. The Morgan fingerprint density at radius 3 is 2.16 bits per heavy atom. The van der Waals surface area contributed by atoms with Crippen molar-refractivity contribution in [1.29, 1.82) is 0 Å². The third-order valence-electron chi connectivity index (χ3n) is 5.88. The van der Waals surface area contributed by atoms with Gasteiger partial charge in [-0.1, -0.05) is 37.3 Å². The second kappa shape index (κ2) is 11.2. The van der Waals surface area contributed by atoms with Crippen molar-refractivity contribution in [2.24, 2.45) is 11.8 Å². The number of hydrogen-bond donors (Lipinski definition) is 0. The van der Waals surface area contributed by atoms with Crippen LogP contribution in [0, 0.1) is 35.3 Å². The summed E-state index contributed by atoms with van der Waals surface area (Å²) >= 11 is 0. The van der Waals surface area contributed by atoms with E-state index in [0.717, 1.165) is 50.5 Å². The molecule has 166 valence electrons. The summed E-state index contributed by atoms with van der Waals surface area (Å²) in [7, 11) is 0. The Morgan fingerprint density at radius 1 is 0.935 bits per heavy atom. The molecule has 0 amide bonds. The molecule has 1 nitrogen and oxygen atoms in total. The van der Waals surface area contributed by atoms with Crippen molar-refractivity contribution < 1.29 is 22.3 Å². The smallest absolute Gasteiger partial charge is 0.387 e. The highest BCUT2D eigenvalue weighted by atomic mass is 19.3. The van der Waals surface area contributed by atoms with Gasteiger partial charge in [0.15, 0.2) is 0 Å². The van der Waals surface area contributed by atoms with E-state index in [1.54, 1.807) is 12.1 Å². The Balaban J connectivity index is 1.47. The molecule has 2 aromatic carbocycles. The van der Waals surface area contributed by atoms with Crippen LogP contribution in [0.3, 0.4) is 0 Å². The van der Waals surface area contributed by atoms with Crippen LogP contribution in [0.15, 0.2) is 36.4 Å². The maximum Gasteiger partial charge on any atom is 0.387 e. The van der Waals surface area contributed by atoms with Crippen molar-refractivity contribution in [3.63, 3.8) is 0 Å². The Morgan fingerprint density at radius 2 is 1.58 bits per heavy atom. The molecule has 2 aromatic rings. The number of alkyl halides is 2. The molecule has 0 aliphatic heterocycles. The minimum absolute atomic E-state index is 0.124. The van der Waals surface area contributed by atoms with Crippen LogP contribution in [0.25, 0.3) is 0 Å². The Hall–Kier alpha value is -2.48. The van der Waals surface area contributed by atoms with Gasteiger partial charge in [-0.2, -0.15) is 8.78 Å². The van der Waals surface area contributed by atoms with Crippen LogP contribution in [0.5, 0.6) is 5.75 Å². The lowest BCUT2D eigenvalue weighted by atomic mass is 9.79. The normalized spacial score (nSPS) is 18.5. The van der Waals surface area contributed by atoms with Crippen molar-refractivity contribution in [3.05, 3.63) is 64.7 Å². The maximum absolute atomic E-state index is 14.2. The van der Waals surface area contributed by atoms with Crippen LogP contribution in [-0.4, -0.2) is 6.61 Å². The van der Waals surface area contributed by atoms with Gasteiger partial charge in [0.1, 0.15) is 17.4 Å².